The van der Waals surface area contributed by atoms with E-state index in [1.807, 2.05) is 78.2 Å². The summed E-state index contributed by atoms with van der Waals surface area (Å²) in [6.45, 7) is 3.18. The Kier molecular flexibility index (Phi) is 6.07. The van der Waals surface area contributed by atoms with Gasteiger partial charge in [0.1, 0.15) is 12.4 Å². The van der Waals surface area contributed by atoms with Crippen molar-refractivity contribution in [1.29, 1.82) is 0 Å². The van der Waals surface area contributed by atoms with Gasteiger partial charge in [-0.3, -0.25) is 9.59 Å². The van der Waals surface area contributed by atoms with E-state index in [0.717, 1.165) is 28.2 Å². The first kappa shape index (κ1) is 22.2. The van der Waals surface area contributed by atoms with Crippen molar-refractivity contribution in [2.24, 2.45) is 0 Å². The summed E-state index contributed by atoms with van der Waals surface area (Å²) in [6, 6.07) is 24.8. The van der Waals surface area contributed by atoms with E-state index in [0.29, 0.717) is 24.5 Å². The molecule has 7 heteroatoms. The van der Waals surface area contributed by atoms with Crippen molar-refractivity contribution in [1.82, 2.24) is 9.55 Å². The molecule has 1 aliphatic rings. The zero-order chi connectivity index (χ0) is 23.7. The standard InChI is InChI=1S/C27H25ClN4O2/c1-2-30(21-10-4-3-5-11-21)26(34)18-32-24-14-7-6-13-23(24)29-27(32)19-15-25(33)31(17-19)22-12-8-9-20(28)16-22/h3-14,16,19H,2,15,17-18H2,1H3. The first-order valence-corrected chi connectivity index (χ1v) is 11.8. The molecule has 1 saturated heterocycles. The molecule has 6 nitrogen and oxygen atoms in total. The van der Waals surface area contributed by atoms with Gasteiger partial charge in [-0.15, -0.1) is 0 Å². The third kappa shape index (κ3) is 4.17. The zero-order valence-electron chi connectivity index (χ0n) is 18.9. The van der Waals surface area contributed by atoms with Crippen molar-refractivity contribution in [2.75, 3.05) is 22.9 Å². The van der Waals surface area contributed by atoms with Crippen molar-refractivity contribution in [3.63, 3.8) is 0 Å². The van der Waals surface area contributed by atoms with Crippen LogP contribution in [0.1, 0.15) is 25.1 Å². The summed E-state index contributed by atoms with van der Waals surface area (Å²) in [4.78, 5) is 34.8. The van der Waals surface area contributed by atoms with Crippen LogP contribution in [-0.2, 0) is 16.1 Å². The van der Waals surface area contributed by atoms with Crippen LogP contribution >= 0.6 is 11.6 Å². The quantitative estimate of drug-likeness (QED) is 0.384. The van der Waals surface area contributed by atoms with Crippen molar-refractivity contribution < 1.29 is 9.59 Å². The molecule has 0 N–H and O–H groups in total. The Morgan fingerprint density at radius 1 is 1.06 bits per heavy atom. The van der Waals surface area contributed by atoms with E-state index in [-0.39, 0.29) is 24.3 Å². The summed E-state index contributed by atoms with van der Waals surface area (Å²) in [5.74, 6) is 0.640. The fourth-order valence-corrected chi connectivity index (χ4v) is 4.86. The van der Waals surface area contributed by atoms with Gasteiger partial charge in [0.2, 0.25) is 11.8 Å². The number of fused-ring (bicyclic) bond motifs is 1. The molecular weight excluding hydrogens is 448 g/mol. The van der Waals surface area contributed by atoms with Gasteiger partial charge in [-0.2, -0.15) is 0 Å². The lowest BCUT2D eigenvalue weighted by Crippen LogP contribution is -2.34. The maximum absolute atomic E-state index is 13.4. The lowest BCUT2D eigenvalue weighted by Gasteiger charge is -2.23. The molecule has 1 fully saturated rings. The second kappa shape index (κ2) is 9.31. The van der Waals surface area contributed by atoms with Crippen molar-refractivity contribution in [3.8, 4) is 0 Å². The second-order valence-electron chi connectivity index (χ2n) is 8.40. The van der Waals surface area contributed by atoms with Crippen molar-refractivity contribution >= 4 is 45.8 Å². The Morgan fingerprint density at radius 3 is 2.59 bits per heavy atom. The summed E-state index contributed by atoms with van der Waals surface area (Å²) in [7, 11) is 0. The number of anilines is 2. The van der Waals surface area contributed by atoms with Crippen molar-refractivity contribution in [3.05, 3.63) is 89.7 Å². The molecule has 2 amide bonds. The molecule has 34 heavy (non-hydrogen) atoms. The van der Waals surface area contributed by atoms with Gasteiger partial charge < -0.3 is 14.4 Å². The molecule has 0 aliphatic carbocycles. The molecule has 5 rings (SSSR count). The van der Waals surface area contributed by atoms with Crippen LogP contribution in [0.2, 0.25) is 5.02 Å². The van der Waals surface area contributed by atoms with Crippen LogP contribution in [0.3, 0.4) is 0 Å². The first-order chi connectivity index (χ1) is 16.5. The molecule has 1 atom stereocenters. The highest BCUT2D eigenvalue weighted by molar-refractivity contribution is 6.30. The molecular formula is C27H25ClN4O2. The molecule has 4 aromatic rings. The maximum Gasteiger partial charge on any atom is 0.246 e. The minimum atomic E-state index is -0.126. The van der Waals surface area contributed by atoms with Gasteiger partial charge in [0.15, 0.2) is 0 Å². The van der Waals surface area contributed by atoms with Gasteiger partial charge in [-0.1, -0.05) is 48.0 Å². The van der Waals surface area contributed by atoms with Crippen LogP contribution in [0, 0.1) is 0 Å². The Labute approximate surface area is 203 Å². The molecule has 0 spiro atoms. The van der Waals surface area contributed by atoms with Crippen LogP contribution in [0.5, 0.6) is 0 Å². The monoisotopic (exact) mass is 472 g/mol. The average Bonchev–Trinajstić information content (AvgIpc) is 3.41. The number of hydrogen-bond acceptors (Lipinski definition) is 3. The first-order valence-electron chi connectivity index (χ1n) is 11.4. The summed E-state index contributed by atoms with van der Waals surface area (Å²) >= 11 is 6.16. The SMILES string of the molecule is CCN(C(=O)Cn1c(C2CC(=O)N(c3cccc(Cl)c3)C2)nc2ccccc21)c1ccccc1. The number of imidazole rings is 1. The Bertz CT molecular complexity index is 1350. The minimum absolute atomic E-state index is 0.0193. The van der Waals surface area contributed by atoms with Gasteiger partial charge >= 0.3 is 0 Å². The van der Waals surface area contributed by atoms with Gasteiger partial charge in [-0.25, -0.2) is 4.98 Å². The number of halogens is 1. The van der Waals surface area contributed by atoms with Crippen molar-refractivity contribution in [2.45, 2.75) is 25.8 Å². The van der Waals surface area contributed by atoms with Gasteiger partial charge in [-0.05, 0) is 49.4 Å². The largest absolute Gasteiger partial charge is 0.318 e. The fraction of sp³-hybridized carbons (Fsp3) is 0.222. The molecule has 0 bridgehead atoms. The lowest BCUT2D eigenvalue weighted by atomic mass is 10.1. The van der Waals surface area contributed by atoms with Gasteiger partial charge in [0, 0.05) is 41.8 Å². The second-order valence-corrected chi connectivity index (χ2v) is 8.84. The number of rotatable bonds is 6. The number of amides is 2. The predicted octanol–water partition coefficient (Wildman–Crippen LogP) is 5.26. The summed E-state index contributed by atoms with van der Waals surface area (Å²) in [6.07, 6.45) is 0.334. The Hall–Kier alpha value is -3.64. The zero-order valence-corrected chi connectivity index (χ0v) is 19.7. The molecule has 1 aliphatic heterocycles. The summed E-state index contributed by atoms with van der Waals surface area (Å²) in [5.41, 5.74) is 3.36. The number of benzene rings is 3. The normalized spacial score (nSPS) is 15.8. The van der Waals surface area contributed by atoms with E-state index in [1.54, 1.807) is 21.9 Å². The van der Waals surface area contributed by atoms with E-state index in [1.165, 1.54) is 0 Å². The number of hydrogen-bond donors (Lipinski definition) is 0. The van der Waals surface area contributed by atoms with E-state index in [4.69, 9.17) is 16.6 Å². The van der Waals surface area contributed by atoms with Crippen LogP contribution in [0.25, 0.3) is 11.0 Å². The Balaban J connectivity index is 1.48. The van der Waals surface area contributed by atoms with E-state index < -0.39 is 0 Å². The third-order valence-corrected chi connectivity index (χ3v) is 6.51. The molecule has 0 saturated carbocycles. The summed E-state index contributed by atoms with van der Waals surface area (Å²) in [5, 5.41) is 0.590. The number of carbonyl (C=O) groups excluding carboxylic acids is 2. The van der Waals surface area contributed by atoms with Crippen LogP contribution in [0.4, 0.5) is 11.4 Å². The van der Waals surface area contributed by atoms with Crippen LogP contribution in [0.15, 0.2) is 78.9 Å². The smallest absolute Gasteiger partial charge is 0.246 e. The number of carbonyl (C=O) groups is 2. The highest BCUT2D eigenvalue weighted by Gasteiger charge is 2.35. The number of para-hydroxylation sites is 3. The summed E-state index contributed by atoms with van der Waals surface area (Å²) < 4.78 is 1.97. The van der Waals surface area contributed by atoms with E-state index in [2.05, 4.69) is 0 Å². The minimum Gasteiger partial charge on any atom is -0.318 e. The molecule has 3 aromatic carbocycles. The lowest BCUT2D eigenvalue weighted by molar-refractivity contribution is -0.119. The fourth-order valence-electron chi connectivity index (χ4n) is 4.68. The average molecular weight is 473 g/mol. The molecule has 0 radical (unpaired) electrons. The highest BCUT2D eigenvalue weighted by Crippen LogP contribution is 2.34. The number of aromatic nitrogens is 2. The predicted molar refractivity (Wildman–Crippen MR) is 135 cm³/mol. The van der Waals surface area contributed by atoms with Crippen LogP contribution < -0.4 is 9.80 Å². The highest BCUT2D eigenvalue weighted by atomic mass is 35.5. The van der Waals surface area contributed by atoms with E-state index in [9.17, 15) is 9.59 Å². The number of likely N-dealkylation sites (N-methyl/N-ethyl adjacent to an activating group) is 1. The molecule has 1 aromatic heterocycles. The Morgan fingerprint density at radius 2 is 1.82 bits per heavy atom. The molecule has 2 heterocycles. The molecule has 172 valence electrons. The van der Waals surface area contributed by atoms with Gasteiger partial charge in [0.25, 0.3) is 0 Å². The topological polar surface area (TPSA) is 58.4 Å². The third-order valence-electron chi connectivity index (χ3n) is 6.27. The number of nitrogens with zero attached hydrogens (tertiary/aromatic N) is 4. The maximum atomic E-state index is 13.4. The molecule has 1 unspecified atom stereocenters. The van der Waals surface area contributed by atoms with Crippen LogP contribution in [-0.4, -0.2) is 34.5 Å². The van der Waals surface area contributed by atoms with E-state index >= 15 is 0 Å². The van der Waals surface area contributed by atoms with Gasteiger partial charge in [0.05, 0.1) is 11.0 Å².